The molecule has 0 bridgehead atoms. The molecule has 0 radical (unpaired) electrons. The molecule has 29 heavy (non-hydrogen) atoms. The van der Waals surface area contributed by atoms with Crippen molar-refractivity contribution in [1.82, 2.24) is 20.0 Å². The van der Waals surface area contributed by atoms with Gasteiger partial charge in [0.25, 0.3) is 0 Å². The molecule has 1 N–H and O–H groups in total. The second-order valence-electron chi connectivity index (χ2n) is 10.1. The molecule has 6 heteroatoms. The van der Waals surface area contributed by atoms with Crippen LogP contribution < -0.4 is 5.32 Å². The Balaban J connectivity index is 1.10. The zero-order chi connectivity index (χ0) is 19.8. The van der Waals surface area contributed by atoms with Gasteiger partial charge in [-0.15, -0.1) is 0 Å². The van der Waals surface area contributed by atoms with E-state index in [4.69, 9.17) is 0 Å². The van der Waals surface area contributed by atoms with Crippen LogP contribution in [0.4, 0.5) is 4.79 Å². The molecule has 2 atom stereocenters. The van der Waals surface area contributed by atoms with Crippen LogP contribution in [-0.4, -0.2) is 77.0 Å². The Morgan fingerprint density at radius 1 is 0.759 bits per heavy atom. The number of amides is 3. The van der Waals surface area contributed by atoms with Crippen molar-refractivity contribution >= 4 is 11.9 Å². The summed E-state index contributed by atoms with van der Waals surface area (Å²) in [4.78, 5) is 32.3. The number of piperidine rings is 2. The molecule has 3 heterocycles. The molecule has 2 saturated carbocycles. The Kier molecular flexibility index (Phi) is 5.72. The van der Waals surface area contributed by atoms with Crippen molar-refractivity contribution < 1.29 is 9.59 Å². The molecule has 3 saturated heterocycles. The van der Waals surface area contributed by atoms with E-state index in [1.165, 1.54) is 32.1 Å². The fraction of sp³-hybridized carbons (Fsp3) is 0.913. The molecule has 162 valence electrons. The van der Waals surface area contributed by atoms with Crippen LogP contribution in [-0.2, 0) is 4.79 Å². The highest BCUT2D eigenvalue weighted by Gasteiger charge is 2.44. The number of carbonyl (C=O) groups excluding carboxylic acids is 2. The first-order valence-corrected chi connectivity index (χ1v) is 12.3. The maximum absolute atomic E-state index is 12.7. The van der Waals surface area contributed by atoms with E-state index in [9.17, 15) is 9.59 Å². The first-order valence-electron chi connectivity index (χ1n) is 12.3. The minimum absolute atomic E-state index is 0.194. The Hall–Kier alpha value is -1.30. The summed E-state index contributed by atoms with van der Waals surface area (Å²) in [7, 11) is 0. The third-order valence-corrected chi connectivity index (χ3v) is 8.52. The van der Waals surface area contributed by atoms with Gasteiger partial charge in [0.15, 0.2) is 0 Å². The highest BCUT2D eigenvalue weighted by Crippen LogP contribution is 2.33. The Morgan fingerprint density at radius 2 is 1.38 bits per heavy atom. The highest BCUT2D eigenvalue weighted by molar-refractivity contribution is 5.79. The summed E-state index contributed by atoms with van der Waals surface area (Å²) in [5, 5.41) is 3.25. The number of nitrogens with one attached hydrogen (secondary N) is 1. The topological polar surface area (TPSA) is 55.9 Å². The van der Waals surface area contributed by atoms with Gasteiger partial charge in [0, 0.05) is 44.2 Å². The quantitative estimate of drug-likeness (QED) is 0.790. The number of urea groups is 1. The maximum atomic E-state index is 12.7. The van der Waals surface area contributed by atoms with Crippen LogP contribution >= 0.6 is 0 Å². The third kappa shape index (κ3) is 3.89. The van der Waals surface area contributed by atoms with E-state index in [1.807, 2.05) is 0 Å². The van der Waals surface area contributed by atoms with Crippen LogP contribution in [0.1, 0.15) is 77.0 Å². The average Bonchev–Trinajstić information content (AvgIpc) is 3.41. The number of nitrogens with zero attached hydrogens (tertiary/aromatic N) is 3. The molecule has 2 aliphatic carbocycles. The van der Waals surface area contributed by atoms with E-state index in [-0.39, 0.29) is 6.03 Å². The Bertz CT molecular complexity index is 604. The smallest absolute Gasteiger partial charge is 0.318 e. The summed E-state index contributed by atoms with van der Waals surface area (Å²) < 4.78 is 0. The zero-order valence-electron chi connectivity index (χ0n) is 17.9. The summed E-state index contributed by atoms with van der Waals surface area (Å²) in [5.41, 5.74) is 0. The van der Waals surface area contributed by atoms with Crippen LogP contribution in [0, 0.1) is 5.92 Å². The van der Waals surface area contributed by atoms with Crippen molar-refractivity contribution in [3.63, 3.8) is 0 Å². The lowest BCUT2D eigenvalue weighted by Crippen LogP contribution is -2.54. The Morgan fingerprint density at radius 3 is 2.10 bits per heavy atom. The number of carbonyl (C=O) groups is 2. The number of hydrogen-bond donors (Lipinski definition) is 1. The molecule has 0 aromatic heterocycles. The largest absolute Gasteiger partial charge is 0.342 e. The molecule has 5 aliphatic rings. The molecule has 5 rings (SSSR count). The fourth-order valence-corrected chi connectivity index (χ4v) is 6.84. The molecule has 0 aromatic rings. The monoisotopic (exact) mass is 402 g/mol. The first-order chi connectivity index (χ1) is 14.2. The first kappa shape index (κ1) is 19.7. The molecule has 5 fully saturated rings. The SMILES string of the molecule is O=C(C1CCCC1)N1CCC(N2CCC(N3C(=O)N[C@H]4CCCC[C@@H]43)CC2)CC1. The summed E-state index contributed by atoms with van der Waals surface area (Å²) >= 11 is 0. The van der Waals surface area contributed by atoms with Crippen LogP contribution in [0.5, 0.6) is 0 Å². The predicted octanol–water partition coefficient (Wildman–Crippen LogP) is 2.97. The fourth-order valence-electron chi connectivity index (χ4n) is 6.84. The minimum atomic E-state index is 0.194. The van der Waals surface area contributed by atoms with Crippen molar-refractivity contribution in [2.24, 2.45) is 5.92 Å². The van der Waals surface area contributed by atoms with Crippen LogP contribution in [0.25, 0.3) is 0 Å². The Labute approximate surface area is 175 Å². The van der Waals surface area contributed by atoms with Gasteiger partial charge in [-0.25, -0.2) is 4.79 Å². The molecule has 0 spiro atoms. The van der Waals surface area contributed by atoms with Crippen LogP contribution in [0.2, 0.25) is 0 Å². The van der Waals surface area contributed by atoms with Crippen LogP contribution in [0.3, 0.4) is 0 Å². The van der Waals surface area contributed by atoms with Gasteiger partial charge in [-0.1, -0.05) is 25.7 Å². The number of fused-ring (bicyclic) bond motifs is 1. The van der Waals surface area contributed by atoms with E-state index < -0.39 is 0 Å². The van der Waals surface area contributed by atoms with E-state index in [2.05, 4.69) is 20.0 Å². The molecule has 0 aromatic carbocycles. The van der Waals surface area contributed by atoms with Crippen molar-refractivity contribution in [2.75, 3.05) is 26.2 Å². The zero-order valence-corrected chi connectivity index (χ0v) is 17.9. The lowest BCUT2D eigenvalue weighted by atomic mass is 9.89. The second-order valence-corrected chi connectivity index (χ2v) is 10.1. The molecule has 6 nitrogen and oxygen atoms in total. The summed E-state index contributed by atoms with van der Waals surface area (Å²) in [5.74, 6) is 0.749. The lowest BCUT2D eigenvalue weighted by molar-refractivity contribution is -0.137. The number of likely N-dealkylation sites (tertiary alicyclic amines) is 2. The molecule has 0 unspecified atom stereocenters. The summed E-state index contributed by atoms with van der Waals surface area (Å²) in [6.45, 7) is 4.09. The van der Waals surface area contributed by atoms with Gasteiger partial charge >= 0.3 is 6.03 Å². The van der Waals surface area contributed by atoms with E-state index >= 15 is 0 Å². The molecule has 3 amide bonds. The van der Waals surface area contributed by atoms with Gasteiger partial charge in [0.2, 0.25) is 5.91 Å². The standard InChI is InChI=1S/C23H38N4O2/c28-22(17-5-1-2-6-17)26-15-9-18(10-16-26)25-13-11-19(12-14-25)27-21-8-4-3-7-20(21)24-23(27)29/h17-21H,1-16H2,(H,24,29)/t20-,21-/m0/s1. The highest BCUT2D eigenvalue weighted by atomic mass is 16.2. The van der Waals surface area contributed by atoms with Gasteiger partial charge in [-0.3, -0.25) is 4.79 Å². The summed E-state index contributed by atoms with van der Waals surface area (Å²) in [6, 6.07) is 2.08. The second kappa shape index (κ2) is 8.44. The van der Waals surface area contributed by atoms with E-state index in [1.54, 1.807) is 0 Å². The molecule has 3 aliphatic heterocycles. The number of rotatable bonds is 3. The molecular weight excluding hydrogens is 364 g/mol. The van der Waals surface area contributed by atoms with Gasteiger partial charge in [0.1, 0.15) is 0 Å². The van der Waals surface area contributed by atoms with Gasteiger partial charge in [-0.05, 0) is 51.4 Å². The van der Waals surface area contributed by atoms with Gasteiger partial charge < -0.3 is 20.0 Å². The maximum Gasteiger partial charge on any atom is 0.318 e. The van der Waals surface area contributed by atoms with Crippen molar-refractivity contribution in [1.29, 1.82) is 0 Å². The van der Waals surface area contributed by atoms with Gasteiger partial charge in [0.05, 0.1) is 12.1 Å². The van der Waals surface area contributed by atoms with Crippen LogP contribution in [0.15, 0.2) is 0 Å². The van der Waals surface area contributed by atoms with Crippen molar-refractivity contribution in [3.8, 4) is 0 Å². The van der Waals surface area contributed by atoms with Crippen molar-refractivity contribution in [3.05, 3.63) is 0 Å². The number of hydrogen-bond acceptors (Lipinski definition) is 3. The van der Waals surface area contributed by atoms with Gasteiger partial charge in [-0.2, -0.15) is 0 Å². The molecular formula is C23H38N4O2. The average molecular weight is 403 g/mol. The van der Waals surface area contributed by atoms with E-state index in [0.717, 1.165) is 71.1 Å². The normalized spacial score (nSPS) is 33.2. The summed E-state index contributed by atoms with van der Waals surface area (Å²) in [6.07, 6.45) is 14.0. The van der Waals surface area contributed by atoms with Crippen molar-refractivity contribution in [2.45, 2.75) is 101 Å². The third-order valence-electron chi connectivity index (χ3n) is 8.52. The van der Waals surface area contributed by atoms with E-state index in [0.29, 0.717) is 36.0 Å². The predicted molar refractivity (Wildman–Crippen MR) is 113 cm³/mol. The lowest BCUT2D eigenvalue weighted by Gasteiger charge is -2.44. The minimum Gasteiger partial charge on any atom is -0.342 e.